The van der Waals surface area contributed by atoms with Crippen molar-refractivity contribution in [1.82, 2.24) is 25.2 Å². The van der Waals surface area contributed by atoms with Crippen molar-refractivity contribution < 1.29 is 18.1 Å². The minimum Gasteiger partial charge on any atom is -0.340 e. The lowest BCUT2D eigenvalue weighted by Crippen LogP contribution is -2.26. The van der Waals surface area contributed by atoms with E-state index in [0.29, 0.717) is 32.5 Å². The van der Waals surface area contributed by atoms with Crippen molar-refractivity contribution in [3.63, 3.8) is 0 Å². The summed E-state index contributed by atoms with van der Waals surface area (Å²) in [5.41, 5.74) is 0.525. The van der Waals surface area contributed by atoms with Gasteiger partial charge in [-0.2, -0.15) is 10.1 Å². The van der Waals surface area contributed by atoms with Crippen molar-refractivity contribution in [2.45, 2.75) is 19.9 Å². The summed E-state index contributed by atoms with van der Waals surface area (Å²) in [4.78, 5) is 17.9. The monoisotopic (exact) mass is 403 g/mol. The zero-order chi connectivity index (χ0) is 20.0. The average Bonchev–Trinajstić information content (AvgIpc) is 3.32. The third kappa shape index (κ3) is 3.15. The Morgan fingerprint density at radius 3 is 2.79 bits per heavy atom. The molecule has 10 heteroatoms. The number of aromatic nitrogens is 4. The van der Waals surface area contributed by atoms with Crippen LogP contribution in [0.1, 0.15) is 34.4 Å². The molecule has 1 amide bonds. The molecule has 1 atom stereocenters. The topological polar surface area (TPSA) is 85.8 Å². The van der Waals surface area contributed by atoms with Crippen LogP contribution in [-0.4, -0.2) is 25.8 Å². The van der Waals surface area contributed by atoms with E-state index >= 15 is 0 Å². The maximum Gasteiger partial charge on any atom is 0.262 e. The summed E-state index contributed by atoms with van der Waals surface area (Å²) in [5, 5.41) is 11.4. The van der Waals surface area contributed by atoms with E-state index in [4.69, 9.17) is 4.52 Å². The fourth-order valence-electron chi connectivity index (χ4n) is 2.85. The lowest BCUT2D eigenvalue weighted by Gasteiger charge is -2.08. The number of aryl methyl sites for hydroxylation is 2. The number of carbonyl (C=O) groups excluding carboxylic acids is 1. The van der Waals surface area contributed by atoms with E-state index in [1.54, 1.807) is 31.6 Å². The lowest BCUT2D eigenvalue weighted by atomic mass is 10.1. The van der Waals surface area contributed by atoms with Crippen molar-refractivity contribution >= 4 is 27.5 Å². The van der Waals surface area contributed by atoms with Crippen LogP contribution >= 0.6 is 11.3 Å². The summed E-state index contributed by atoms with van der Waals surface area (Å²) in [6.07, 6.45) is 0. The lowest BCUT2D eigenvalue weighted by molar-refractivity contribution is 0.0936. The number of carbonyl (C=O) groups is 1. The van der Waals surface area contributed by atoms with E-state index in [0.717, 1.165) is 6.07 Å². The van der Waals surface area contributed by atoms with Gasteiger partial charge in [-0.25, -0.2) is 8.78 Å². The molecular formula is C18H15F2N5O2S. The maximum atomic E-state index is 14.2. The van der Waals surface area contributed by atoms with Gasteiger partial charge in [0.25, 0.3) is 5.91 Å². The van der Waals surface area contributed by atoms with Crippen LogP contribution < -0.4 is 5.32 Å². The van der Waals surface area contributed by atoms with E-state index in [-0.39, 0.29) is 11.5 Å². The first-order chi connectivity index (χ1) is 13.3. The fraction of sp³-hybridized carbons (Fsp3) is 0.222. The molecule has 0 saturated carbocycles. The Kier molecular flexibility index (Phi) is 4.42. The molecule has 7 nitrogen and oxygen atoms in total. The second-order valence-corrected chi connectivity index (χ2v) is 7.33. The van der Waals surface area contributed by atoms with Gasteiger partial charge in [-0.3, -0.25) is 9.48 Å². The van der Waals surface area contributed by atoms with Crippen LogP contribution in [0.4, 0.5) is 8.78 Å². The first kappa shape index (κ1) is 18.2. The third-order valence-electron chi connectivity index (χ3n) is 4.18. The summed E-state index contributed by atoms with van der Waals surface area (Å²) in [7, 11) is 1.70. The molecule has 0 fully saturated rings. The van der Waals surface area contributed by atoms with Crippen LogP contribution in [0.2, 0.25) is 0 Å². The number of nitrogens with zero attached hydrogens (tertiary/aromatic N) is 4. The molecule has 0 spiro atoms. The third-order valence-corrected chi connectivity index (χ3v) is 5.38. The second-order valence-electron chi connectivity index (χ2n) is 6.30. The smallest absolute Gasteiger partial charge is 0.262 e. The Hall–Kier alpha value is -3.14. The van der Waals surface area contributed by atoms with Gasteiger partial charge in [-0.05, 0) is 32.0 Å². The molecule has 1 aromatic carbocycles. The molecule has 0 unspecified atom stereocenters. The number of nitrogens with one attached hydrogen (secondary N) is 1. The van der Waals surface area contributed by atoms with Crippen molar-refractivity contribution in [2.24, 2.45) is 7.05 Å². The van der Waals surface area contributed by atoms with Gasteiger partial charge in [0, 0.05) is 24.1 Å². The summed E-state index contributed by atoms with van der Waals surface area (Å²) in [5.74, 6) is -0.908. The fourth-order valence-corrected chi connectivity index (χ4v) is 3.83. The van der Waals surface area contributed by atoms with Crippen molar-refractivity contribution in [3.05, 3.63) is 52.5 Å². The molecule has 0 radical (unpaired) electrons. The van der Waals surface area contributed by atoms with Gasteiger partial charge < -0.3 is 9.84 Å². The van der Waals surface area contributed by atoms with E-state index < -0.39 is 17.7 Å². The number of fused-ring (bicyclic) bond motifs is 1. The number of benzene rings is 1. The van der Waals surface area contributed by atoms with Gasteiger partial charge in [0.15, 0.2) is 5.82 Å². The Bertz CT molecular complexity index is 1200. The summed E-state index contributed by atoms with van der Waals surface area (Å²) >= 11 is 1.22. The Balaban J connectivity index is 1.67. The molecule has 144 valence electrons. The SMILES string of the molecule is Cc1noc([C@@H](C)NC(=O)c2cc3c(-c4ccc(F)cc4F)nn(C)c3s2)n1. The highest BCUT2D eigenvalue weighted by Gasteiger charge is 2.22. The molecule has 28 heavy (non-hydrogen) atoms. The van der Waals surface area contributed by atoms with Crippen LogP contribution in [-0.2, 0) is 7.05 Å². The molecule has 0 aliphatic carbocycles. The van der Waals surface area contributed by atoms with Crippen molar-refractivity contribution in [1.29, 1.82) is 0 Å². The van der Waals surface area contributed by atoms with E-state index in [9.17, 15) is 13.6 Å². The van der Waals surface area contributed by atoms with E-state index in [2.05, 4.69) is 20.6 Å². The summed E-state index contributed by atoms with van der Waals surface area (Å²) < 4.78 is 34.1. The maximum absolute atomic E-state index is 14.2. The highest BCUT2D eigenvalue weighted by atomic mass is 32.1. The standard InChI is InChI=1S/C18H15F2N5O2S/c1-8(17-22-9(2)24-27-17)21-16(26)14-7-12-15(23-25(3)18(12)28-14)11-5-4-10(19)6-13(11)20/h4-8H,1-3H3,(H,21,26)/t8-/m1/s1. The first-order valence-corrected chi connectivity index (χ1v) is 9.18. The molecule has 0 bridgehead atoms. The van der Waals surface area contributed by atoms with Gasteiger partial charge in [0.05, 0.1) is 4.88 Å². The highest BCUT2D eigenvalue weighted by molar-refractivity contribution is 7.20. The number of thiophene rings is 1. The largest absolute Gasteiger partial charge is 0.340 e. The van der Waals surface area contributed by atoms with Gasteiger partial charge in [-0.15, -0.1) is 11.3 Å². The molecule has 3 aromatic heterocycles. The predicted octanol–water partition coefficient (Wildman–Crippen LogP) is 3.76. The van der Waals surface area contributed by atoms with Crippen LogP contribution in [0.15, 0.2) is 28.8 Å². The predicted molar refractivity (Wildman–Crippen MR) is 98.9 cm³/mol. The number of hydrogen-bond acceptors (Lipinski definition) is 6. The molecule has 0 aliphatic rings. The zero-order valence-electron chi connectivity index (χ0n) is 15.2. The number of amides is 1. The van der Waals surface area contributed by atoms with Gasteiger partial charge in [0.1, 0.15) is 28.2 Å². The van der Waals surface area contributed by atoms with Gasteiger partial charge in [0.2, 0.25) is 5.89 Å². The van der Waals surface area contributed by atoms with Crippen LogP contribution in [0.5, 0.6) is 0 Å². The zero-order valence-corrected chi connectivity index (χ0v) is 16.0. The number of hydrogen-bond donors (Lipinski definition) is 1. The molecule has 0 aliphatic heterocycles. The van der Waals surface area contributed by atoms with Crippen molar-refractivity contribution in [3.8, 4) is 11.3 Å². The van der Waals surface area contributed by atoms with E-state index in [1.165, 1.54) is 23.5 Å². The Morgan fingerprint density at radius 1 is 1.32 bits per heavy atom. The van der Waals surface area contributed by atoms with Gasteiger partial charge in [-0.1, -0.05) is 5.16 Å². The van der Waals surface area contributed by atoms with Crippen LogP contribution in [0, 0.1) is 18.6 Å². The molecule has 4 rings (SSSR count). The molecule has 0 saturated heterocycles. The molecule has 4 aromatic rings. The summed E-state index contributed by atoms with van der Waals surface area (Å²) in [6, 6.07) is 4.50. The number of halogens is 2. The van der Waals surface area contributed by atoms with Crippen LogP contribution in [0.25, 0.3) is 21.5 Å². The Morgan fingerprint density at radius 2 is 2.11 bits per heavy atom. The molecule has 1 N–H and O–H groups in total. The second kappa shape index (κ2) is 6.79. The minimum atomic E-state index is -0.711. The first-order valence-electron chi connectivity index (χ1n) is 8.36. The summed E-state index contributed by atoms with van der Waals surface area (Å²) in [6.45, 7) is 3.43. The number of rotatable bonds is 4. The quantitative estimate of drug-likeness (QED) is 0.561. The highest BCUT2D eigenvalue weighted by Crippen LogP contribution is 2.35. The Labute approximate surface area is 162 Å². The normalized spacial score (nSPS) is 12.5. The average molecular weight is 403 g/mol. The van der Waals surface area contributed by atoms with Crippen molar-refractivity contribution in [2.75, 3.05) is 0 Å². The molecular weight excluding hydrogens is 388 g/mol. The minimum absolute atomic E-state index is 0.173. The molecule has 3 heterocycles. The van der Waals surface area contributed by atoms with Gasteiger partial charge >= 0.3 is 0 Å². The van der Waals surface area contributed by atoms with E-state index in [1.807, 2.05) is 0 Å². The van der Waals surface area contributed by atoms with Crippen LogP contribution in [0.3, 0.4) is 0 Å².